The molecule has 0 N–H and O–H groups in total. The second-order valence-electron chi connectivity index (χ2n) is 4.19. The van der Waals surface area contributed by atoms with Gasteiger partial charge in [-0.3, -0.25) is 4.79 Å². The van der Waals surface area contributed by atoms with Gasteiger partial charge in [-0.25, -0.2) is 4.39 Å². The van der Waals surface area contributed by atoms with Gasteiger partial charge in [0.05, 0.1) is 17.8 Å². The third kappa shape index (κ3) is 3.74. The van der Waals surface area contributed by atoms with E-state index < -0.39 is 5.82 Å². The van der Waals surface area contributed by atoms with Gasteiger partial charge in [0.15, 0.2) is 6.61 Å². The molecule has 1 aromatic heterocycles. The van der Waals surface area contributed by atoms with E-state index in [9.17, 15) is 9.18 Å². The number of rotatable bonds is 5. The monoisotopic (exact) mass is 297 g/mol. The zero-order chi connectivity index (χ0) is 14.5. The van der Waals surface area contributed by atoms with E-state index in [1.807, 2.05) is 0 Å². The SMILES string of the molecule is CN(Cc1ccco1)C(=O)COc1ccc(F)cc1Cl. The van der Waals surface area contributed by atoms with Crippen molar-refractivity contribution < 1.29 is 18.3 Å². The number of amides is 1. The molecular formula is C14H13ClFNO3. The fourth-order valence-electron chi connectivity index (χ4n) is 1.57. The van der Waals surface area contributed by atoms with Crippen LogP contribution in [0.5, 0.6) is 5.75 Å². The molecule has 6 heteroatoms. The van der Waals surface area contributed by atoms with Crippen molar-refractivity contribution in [3.8, 4) is 5.75 Å². The average molecular weight is 298 g/mol. The van der Waals surface area contributed by atoms with Crippen LogP contribution in [0.25, 0.3) is 0 Å². The molecule has 0 radical (unpaired) electrons. The summed E-state index contributed by atoms with van der Waals surface area (Å²) in [5, 5.41) is 0.131. The van der Waals surface area contributed by atoms with Crippen molar-refractivity contribution in [2.75, 3.05) is 13.7 Å². The van der Waals surface area contributed by atoms with E-state index in [1.165, 1.54) is 17.0 Å². The lowest BCUT2D eigenvalue weighted by molar-refractivity contribution is -0.132. The number of benzene rings is 1. The smallest absolute Gasteiger partial charge is 0.260 e. The van der Waals surface area contributed by atoms with Gasteiger partial charge in [0.1, 0.15) is 17.3 Å². The van der Waals surface area contributed by atoms with Gasteiger partial charge >= 0.3 is 0 Å². The van der Waals surface area contributed by atoms with Crippen molar-refractivity contribution in [2.24, 2.45) is 0 Å². The highest BCUT2D eigenvalue weighted by Crippen LogP contribution is 2.24. The topological polar surface area (TPSA) is 42.7 Å². The Bertz CT molecular complexity index is 586. The largest absolute Gasteiger partial charge is 0.482 e. The maximum absolute atomic E-state index is 12.9. The molecule has 4 nitrogen and oxygen atoms in total. The molecule has 20 heavy (non-hydrogen) atoms. The van der Waals surface area contributed by atoms with Gasteiger partial charge in [-0.2, -0.15) is 0 Å². The third-order valence-electron chi connectivity index (χ3n) is 2.64. The normalized spacial score (nSPS) is 10.3. The highest BCUT2D eigenvalue weighted by atomic mass is 35.5. The number of halogens is 2. The molecule has 0 saturated carbocycles. The fraction of sp³-hybridized carbons (Fsp3) is 0.214. The van der Waals surface area contributed by atoms with Crippen molar-refractivity contribution >= 4 is 17.5 Å². The molecule has 106 valence electrons. The minimum atomic E-state index is -0.455. The molecule has 2 rings (SSSR count). The van der Waals surface area contributed by atoms with Gasteiger partial charge in [0, 0.05) is 7.05 Å². The summed E-state index contributed by atoms with van der Waals surface area (Å²) in [5.74, 6) is 0.263. The van der Waals surface area contributed by atoms with E-state index in [-0.39, 0.29) is 23.3 Å². The molecule has 0 fully saturated rings. The van der Waals surface area contributed by atoms with Gasteiger partial charge in [0.2, 0.25) is 0 Å². The van der Waals surface area contributed by atoms with Gasteiger partial charge < -0.3 is 14.1 Å². The summed E-state index contributed by atoms with van der Waals surface area (Å²) in [6.07, 6.45) is 1.54. The molecule has 1 amide bonds. The summed E-state index contributed by atoms with van der Waals surface area (Å²) in [6.45, 7) is 0.176. The molecule has 2 aromatic rings. The predicted octanol–water partition coefficient (Wildman–Crippen LogP) is 3.11. The number of hydrogen-bond donors (Lipinski definition) is 0. The maximum atomic E-state index is 12.9. The highest BCUT2D eigenvalue weighted by molar-refractivity contribution is 6.32. The van der Waals surface area contributed by atoms with E-state index in [0.717, 1.165) is 6.07 Å². The van der Waals surface area contributed by atoms with Crippen LogP contribution in [0, 0.1) is 5.82 Å². The maximum Gasteiger partial charge on any atom is 0.260 e. The second kappa shape index (κ2) is 6.43. The molecule has 0 spiro atoms. The van der Waals surface area contributed by atoms with Crippen LogP contribution in [-0.2, 0) is 11.3 Å². The van der Waals surface area contributed by atoms with E-state index in [1.54, 1.807) is 25.4 Å². The van der Waals surface area contributed by atoms with Gasteiger partial charge in [-0.15, -0.1) is 0 Å². The zero-order valence-corrected chi connectivity index (χ0v) is 11.6. The molecule has 0 bridgehead atoms. The van der Waals surface area contributed by atoms with Crippen LogP contribution in [0.1, 0.15) is 5.76 Å². The summed E-state index contributed by atoms with van der Waals surface area (Å²) in [7, 11) is 1.64. The number of carbonyl (C=O) groups is 1. The zero-order valence-electron chi connectivity index (χ0n) is 10.8. The lowest BCUT2D eigenvalue weighted by Crippen LogP contribution is -2.30. The van der Waals surface area contributed by atoms with Crippen LogP contribution in [0.2, 0.25) is 5.02 Å². The number of carbonyl (C=O) groups excluding carboxylic acids is 1. The van der Waals surface area contributed by atoms with Crippen molar-refractivity contribution in [1.29, 1.82) is 0 Å². The van der Waals surface area contributed by atoms with Crippen molar-refractivity contribution in [1.82, 2.24) is 4.90 Å². The second-order valence-corrected chi connectivity index (χ2v) is 4.60. The Morgan fingerprint density at radius 1 is 1.45 bits per heavy atom. The number of likely N-dealkylation sites (N-methyl/N-ethyl adjacent to an activating group) is 1. The Morgan fingerprint density at radius 3 is 2.90 bits per heavy atom. The lowest BCUT2D eigenvalue weighted by atomic mass is 10.3. The minimum Gasteiger partial charge on any atom is -0.482 e. The Hall–Kier alpha value is -2.01. The molecule has 0 aliphatic heterocycles. The molecular weight excluding hydrogens is 285 g/mol. The van der Waals surface area contributed by atoms with Gasteiger partial charge in [-0.1, -0.05) is 11.6 Å². The first-order valence-corrected chi connectivity index (χ1v) is 6.28. The van der Waals surface area contributed by atoms with Crippen LogP contribution in [0.3, 0.4) is 0 Å². The molecule has 0 atom stereocenters. The van der Waals surface area contributed by atoms with Crippen LogP contribution >= 0.6 is 11.6 Å². The first kappa shape index (κ1) is 14.4. The van der Waals surface area contributed by atoms with E-state index >= 15 is 0 Å². The molecule has 1 heterocycles. The van der Waals surface area contributed by atoms with Crippen LogP contribution in [-0.4, -0.2) is 24.5 Å². The van der Waals surface area contributed by atoms with E-state index in [4.69, 9.17) is 20.8 Å². The molecule has 0 unspecified atom stereocenters. The Kier molecular flexibility index (Phi) is 4.63. The van der Waals surface area contributed by atoms with E-state index in [2.05, 4.69) is 0 Å². The standard InChI is InChI=1S/C14H13ClFNO3/c1-17(8-11-3-2-6-19-11)14(18)9-20-13-5-4-10(16)7-12(13)15/h2-7H,8-9H2,1H3. The summed E-state index contributed by atoms with van der Waals surface area (Å²) < 4.78 is 23.3. The molecule has 1 aromatic carbocycles. The fourth-order valence-corrected chi connectivity index (χ4v) is 1.79. The van der Waals surface area contributed by atoms with Crippen LogP contribution < -0.4 is 4.74 Å². The highest BCUT2D eigenvalue weighted by Gasteiger charge is 2.12. The average Bonchev–Trinajstić information content (AvgIpc) is 2.90. The molecule has 0 aliphatic rings. The number of nitrogens with zero attached hydrogens (tertiary/aromatic N) is 1. The summed E-state index contributed by atoms with van der Waals surface area (Å²) in [6, 6.07) is 7.27. The number of furan rings is 1. The van der Waals surface area contributed by atoms with Gasteiger partial charge in [0.25, 0.3) is 5.91 Å². The Morgan fingerprint density at radius 2 is 2.25 bits per heavy atom. The van der Waals surface area contributed by atoms with E-state index in [0.29, 0.717) is 12.3 Å². The summed E-state index contributed by atoms with van der Waals surface area (Å²) >= 11 is 5.80. The Labute approximate surface area is 120 Å². The first-order valence-electron chi connectivity index (χ1n) is 5.90. The van der Waals surface area contributed by atoms with Crippen LogP contribution in [0.15, 0.2) is 41.0 Å². The van der Waals surface area contributed by atoms with Crippen molar-refractivity contribution in [3.63, 3.8) is 0 Å². The summed E-state index contributed by atoms with van der Waals surface area (Å²) in [5.41, 5.74) is 0. The predicted molar refractivity (Wildman–Crippen MR) is 72.1 cm³/mol. The first-order chi connectivity index (χ1) is 9.56. The molecule has 0 saturated heterocycles. The minimum absolute atomic E-state index is 0.131. The van der Waals surface area contributed by atoms with Crippen molar-refractivity contribution in [2.45, 2.75) is 6.54 Å². The quantitative estimate of drug-likeness (QED) is 0.851. The Balaban J connectivity index is 1.88. The number of hydrogen-bond acceptors (Lipinski definition) is 3. The third-order valence-corrected chi connectivity index (χ3v) is 2.94. The molecule has 0 aliphatic carbocycles. The van der Waals surface area contributed by atoms with Crippen LogP contribution in [0.4, 0.5) is 4.39 Å². The number of ether oxygens (including phenoxy) is 1. The van der Waals surface area contributed by atoms with Gasteiger partial charge in [-0.05, 0) is 30.3 Å². The summed E-state index contributed by atoms with van der Waals surface area (Å²) in [4.78, 5) is 13.3. The van der Waals surface area contributed by atoms with Crippen molar-refractivity contribution in [3.05, 3.63) is 53.2 Å². The lowest BCUT2D eigenvalue weighted by Gasteiger charge is -2.16.